The van der Waals surface area contributed by atoms with E-state index in [1.165, 1.54) is 6.07 Å². The maximum absolute atomic E-state index is 11.6. The summed E-state index contributed by atoms with van der Waals surface area (Å²) >= 11 is 0. The number of hydrogen-bond donors (Lipinski definition) is 1. The number of benzene rings is 1. The van der Waals surface area contributed by atoms with Gasteiger partial charge in [-0.25, -0.2) is 0 Å². The number of carbonyl (C=O) groups is 3. The van der Waals surface area contributed by atoms with E-state index in [-0.39, 0.29) is 23.3 Å². The van der Waals surface area contributed by atoms with Gasteiger partial charge in [0.25, 0.3) is 0 Å². The molecule has 0 fully saturated rings. The summed E-state index contributed by atoms with van der Waals surface area (Å²) in [6, 6.07) is 6.28. The first kappa shape index (κ1) is 10.3. The van der Waals surface area contributed by atoms with Gasteiger partial charge in [-0.3, -0.25) is 9.59 Å². The Morgan fingerprint density at radius 1 is 1.06 bits per heavy atom. The lowest BCUT2D eigenvalue weighted by Gasteiger charge is -2.15. The molecule has 1 aliphatic carbocycles. The highest BCUT2D eigenvalue weighted by molar-refractivity contribution is 6.52. The topological polar surface area (TPSA) is 71.4 Å². The Kier molecular flexibility index (Phi) is 2.40. The third kappa shape index (κ3) is 1.35. The average Bonchev–Trinajstić information content (AvgIpc) is 2.32. The lowest BCUT2D eigenvalue weighted by molar-refractivity contribution is -0.113. The number of aliphatic hydroxyl groups is 1. The van der Waals surface area contributed by atoms with E-state index in [9.17, 15) is 19.5 Å². The predicted molar refractivity (Wildman–Crippen MR) is 56.0 cm³/mol. The number of fused-ring (bicyclic) bond motifs is 1. The minimum atomic E-state index is -0.802. The molecule has 0 spiro atoms. The molecule has 0 aromatic heterocycles. The van der Waals surface area contributed by atoms with Crippen LogP contribution in [0.15, 0.2) is 29.8 Å². The van der Waals surface area contributed by atoms with Gasteiger partial charge in [0.15, 0.2) is 0 Å². The molecule has 16 heavy (non-hydrogen) atoms. The molecule has 1 aliphatic rings. The summed E-state index contributed by atoms with van der Waals surface area (Å²) in [5, 5.41) is 9.79. The zero-order valence-corrected chi connectivity index (χ0v) is 8.27. The highest BCUT2D eigenvalue weighted by atomic mass is 16.3. The van der Waals surface area contributed by atoms with E-state index < -0.39 is 11.6 Å². The molecule has 0 bridgehead atoms. The summed E-state index contributed by atoms with van der Waals surface area (Å²) in [5.74, 6) is -1.75. The van der Waals surface area contributed by atoms with Crippen molar-refractivity contribution in [1.29, 1.82) is 0 Å². The van der Waals surface area contributed by atoms with Gasteiger partial charge >= 0.3 is 0 Å². The molecule has 0 radical (unpaired) electrons. The second-order valence-electron chi connectivity index (χ2n) is 3.40. The Morgan fingerprint density at radius 3 is 2.31 bits per heavy atom. The van der Waals surface area contributed by atoms with Crippen LogP contribution in [0, 0.1) is 0 Å². The van der Waals surface area contributed by atoms with E-state index in [0.29, 0.717) is 11.8 Å². The third-order valence-corrected chi connectivity index (χ3v) is 2.48. The monoisotopic (exact) mass is 216 g/mol. The molecule has 0 heterocycles. The molecule has 4 nitrogen and oxygen atoms in total. The number of aldehydes is 1. The summed E-state index contributed by atoms with van der Waals surface area (Å²) in [4.78, 5) is 33.6. The molecule has 0 saturated carbocycles. The van der Waals surface area contributed by atoms with Crippen LogP contribution in [-0.2, 0) is 9.59 Å². The fourth-order valence-corrected chi connectivity index (χ4v) is 1.69. The SMILES string of the molecule is O=CCC1=C(O)c2ccccc2C(=O)C1=O. The van der Waals surface area contributed by atoms with Crippen LogP contribution in [0.3, 0.4) is 0 Å². The summed E-state index contributed by atoms with van der Waals surface area (Å²) in [6.45, 7) is 0. The highest BCUT2D eigenvalue weighted by Crippen LogP contribution is 2.28. The first-order valence-electron chi connectivity index (χ1n) is 4.71. The summed E-state index contributed by atoms with van der Waals surface area (Å²) in [7, 11) is 0. The molecule has 1 N–H and O–H groups in total. The molecule has 0 unspecified atom stereocenters. The molecular weight excluding hydrogens is 208 g/mol. The zero-order valence-electron chi connectivity index (χ0n) is 8.27. The van der Waals surface area contributed by atoms with Gasteiger partial charge in [-0.2, -0.15) is 0 Å². The van der Waals surface area contributed by atoms with Gasteiger partial charge in [0.05, 0.1) is 5.57 Å². The van der Waals surface area contributed by atoms with E-state index in [2.05, 4.69) is 0 Å². The minimum Gasteiger partial charge on any atom is -0.507 e. The molecule has 1 aromatic rings. The normalized spacial score (nSPS) is 15.0. The molecule has 0 saturated heterocycles. The summed E-state index contributed by atoms with van der Waals surface area (Å²) in [6.07, 6.45) is 0.245. The summed E-state index contributed by atoms with van der Waals surface area (Å²) in [5.41, 5.74) is 0.363. The average molecular weight is 216 g/mol. The minimum absolute atomic E-state index is 0.126. The quantitative estimate of drug-likeness (QED) is 0.597. The maximum atomic E-state index is 11.6. The third-order valence-electron chi connectivity index (χ3n) is 2.48. The Labute approximate surface area is 91.2 Å². The van der Waals surface area contributed by atoms with Crippen molar-refractivity contribution in [3.8, 4) is 0 Å². The number of rotatable bonds is 2. The van der Waals surface area contributed by atoms with Gasteiger partial charge in [0.2, 0.25) is 11.6 Å². The predicted octanol–water partition coefficient (Wildman–Crippen LogP) is 1.31. The van der Waals surface area contributed by atoms with Crippen LogP contribution in [0.2, 0.25) is 0 Å². The number of aliphatic hydroxyl groups excluding tert-OH is 1. The van der Waals surface area contributed by atoms with Gasteiger partial charge < -0.3 is 9.90 Å². The molecule has 2 rings (SSSR count). The van der Waals surface area contributed by atoms with Gasteiger partial charge in [-0.15, -0.1) is 0 Å². The van der Waals surface area contributed by atoms with Crippen molar-refractivity contribution in [3.63, 3.8) is 0 Å². The van der Waals surface area contributed by atoms with Crippen molar-refractivity contribution in [1.82, 2.24) is 0 Å². The Morgan fingerprint density at radius 2 is 1.69 bits per heavy atom. The van der Waals surface area contributed by atoms with E-state index in [4.69, 9.17) is 0 Å². The Hall–Kier alpha value is -2.23. The van der Waals surface area contributed by atoms with Crippen LogP contribution < -0.4 is 0 Å². The van der Waals surface area contributed by atoms with Crippen LogP contribution in [0.4, 0.5) is 0 Å². The van der Waals surface area contributed by atoms with Gasteiger partial charge in [-0.05, 0) is 0 Å². The molecule has 1 aromatic carbocycles. The number of allylic oxidation sites excluding steroid dienone is 1. The molecule has 80 valence electrons. The Bertz CT molecular complexity index is 526. The zero-order chi connectivity index (χ0) is 11.7. The standard InChI is InChI=1S/C12H8O4/c13-6-5-9-10(14)7-3-1-2-4-8(7)11(15)12(9)16/h1-4,6,14H,5H2. The fourth-order valence-electron chi connectivity index (χ4n) is 1.69. The van der Waals surface area contributed by atoms with Crippen LogP contribution in [-0.4, -0.2) is 23.0 Å². The van der Waals surface area contributed by atoms with Crippen molar-refractivity contribution in [2.24, 2.45) is 0 Å². The van der Waals surface area contributed by atoms with Crippen LogP contribution >= 0.6 is 0 Å². The van der Waals surface area contributed by atoms with Crippen molar-refractivity contribution in [2.75, 3.05) is 0 Å². The molecule has 0 atom stereocenters. The van der Waals surface area contributed by atoms with Gasteiger partial charge in [0, 0.05) is 17.5 Å². The molecule has 0 amide bonds. The van der Waals surface area contributed by atoms with Crippen molar-refractivity contribution >= 4 is 23.6 Å². The lowest BCUT2D eigenvalue weighted by atomic mass is 9.87. The van der Waals surface area contributed by atoms with E-state index >= 15 is 0 Å². The molecule has 0 aliphatic heterocycles. The lowest BCUT2D eigenvalue weighted by Crippen LogP contribution is -2.24. The number of ketones is 2. The largest absolute Gasteiger partial charge is 0.507 e. The van der Waals surface area contributed by atoms with Crippen LogP contribution in [0.5, 0.6) is 0 Å². The van der Waals surface area contributed by atoms with Gasteiger partial charge in [-0.1, -0.05) is 24.3 Å². The van der Waals surface area contributed by atoms with Crippen molar-refractivity contribution in [2.45, 2.75) is 6.42 Å². The first-order chi connectivity index (χ1) is 7.66. The molecular formula is C12H8O4. The van der Waals surface area contributed by atoms with E-state index in [1.807, 2.05) is 0 Å². The van der Waals surface area contributed by atoms with Crippen LogP contribution in [0.25, 0.3) is 5.76 Å². The maximum Gasteiger partial charge on any atom is 0.234 e. The van der Waals surface area contributed by atoms with Crippen molar-refractivity contribution in [3.05, 3.63) is 41.0 Å². The highest BCUT2D eigenvalue weighted by Gasteiger charge is 2.31. The van der Waals surface area contributed by atoms with Crippen molar-refractivity contribution < 1.29 is 19.5 Å². The fraction of sp³-hybridized carbons (Fsp3) is 0.0833. The number of carbonyl (C=O) groups excluding carboxylic acids is 3. The summed E-state index contributed by atoms with van der Waals surface area (Å²) < 4.78 is 0. The second-order valence-corrected chi connectivity index (χ2v) is 3.40. The van der Waals surface area contributed by atoms with E-state index in [0.717, 1.165) is 0 Å². The Balaban J connectivity index is 2.68. The van der Waals surface area contributed by atoms with Crippen LogP contribution in [0.1, 0.15) is 22.3 Å². The second kappa shape index (κ2) is 3.73. The van der Waals surface area contributed by atoms with E-state index in [1.54, 1.807) is 18.2 Å². The number of hydrogen-bond acceptors (Lipinski definition) is 4. The van der Waals surface area contributed by atoms with Gasteiger partial charge in [0.1, 0.15) is 12.0 Å². The molecule has 4 heteroatoms. The first-order valence-corrected chi connectivity index (χ1v) is 4.71. The smallest absolute Gasteiger partial charge is 0.234 e. The number of Topliss-reactive ketones (excluding diaryl/α,β-unsaturated/α-hetero) is 2.